The van der Waals surface area contributed by atoms with E-state index in [1.165, 1.54) is 13.2 Å². The third-order valence-corrected chi connectivity index (χ3v) is 2.98. The van der Waals surface area contributed by atoms with E-state index in [-0.39, 0.29) is 23.9 Å². The SMILES string of the molecule is COc1cccc(F)c1C(C)NCC(C)(C)CO. The molecule has 1 atom stereocenters. The van der Waals surface area contributed by atoms with Crippen molar-refractivity contribution in [2.24, 2.45) is 5.41 Å². The largest absolute Gasteiger partial charge is 0.496 e. The van der Waals surface area contributed by atoms with Crippen molar-refractivity contribution in [3.8, 4) is 5.75 Å². The summed E-state index contributed by atoms with van der Waals surface area (Å²) in [5.41, 5.74) is 0.293. The zero-order chi connectivity index (χ0) is 13.8. The van der Waals surface area contributed by atoms with Gasteiger partial charge in [0.2, 0.25) is 0 Å². The van der Waals surface area contributed by atoms with Gasteiger partial charge in [0, 0.05) is 30.2 Å². The highest BCUT2D eigenvalue weighted by atomic mass is 19.1. The molecule has 0 fully saturated rings. The summed E-state index contributed by atoms with van der Waals surface area (Å²) in [7, 11) is 1.53. The smallest absolute Gasteiger partial charge is 0.131 e. The molecule has 1 unspecified atom stereocenters. The summed E-state index contributed by atoms with van der Waals surface area (Å²) in [6.07, 6.45) is 0. The Balaban J connectivity index is 2.81. The van der Waals surface area contributed by atoms with E-state index in [1.807, 2.05) is 20.8 Å². The summed E-state index contributed by atoms with van der Waals surface area (Å²) in [5.74, 6) is 0.257. The molecule has 18 heavy (non-hydrogen) atoms. The lowest BCUT2D eigenvalue weighted by Crippen LogP contribution is -2.34. The molecule has 3 nitrogen and oxygen atoms in total. The Labute approximate surface area is 108 Å². The maximum atomic E-state index is 13.8. The molecular weight excluding hydrogens is 233 g/mol. The van der Waals surface area contributed by atoms with E-state index in [0.717, 1.165) is 0 Å². The Morgan fingerprint density at radius 1 is 1.44 bits per heavy atom. The molecule has 0 spiro atoms. The Hall–Kier alpha value is -1.13. The molecule has 0 bridgehead atoms. The Morgan fingerprint density at radius 2 is 2.11 bits per heavy atom. The van der Waals surface area contributed by atoms with Crippen LogP contribution >= 0.6 is 0 Å². The van der Waals surface area contributed by atoms with Crippen LogP contribution in [0, 0.1) is 11.2 Å². The van der Waals surface area contributed by atoms with Gasteiger partial charge in [-0.1, -0.05) is 19.9 Å². The van der Waals surface area contributed by atoms with E-state index in [1.54, 1.807) is 12.1 Å². The first-order valence-electron chi connectivity index (χ1n) is 6.08. The first-order chi connectivity index (χ1) is 8.41. The van der Waals surface area contributed by atoms with Crippen LogP contribution in [0.4, 0.5) is 4.39 Å². The van der Waals surface area contributed by atoms with Crippen molar-refractivity contribution in [3.05, 3.63) is 29.6 Å². The number of halogens is 1. The molecule has 1 aromatic carbocycles. The molecule has 0 radical (unpaired) electrons. The molecule has 0 aliphatic carbocycles. The van der Waals surface area contributed by atoms with Gasteiger partial charge in [0.1, 0.15) is 11.6 Å². The summed E-state index contributed by atoms with van der Waals surface area (Å²) in [5, 5.41) is 12.4. The Kier molecular flexibility index (Phi) is 5.11. The highest BCUT2D eigenvalue weighted by Crippen LogP contribution is 2.28. The van der Waals surface area contributed by atoms with Gasteiger partial charge in [-0.05, 0) is 19.1 Å². The number of hydrogen-bond donors (Lipinski definition) is 2. The van der Waals surface area contributed by atoms with Crippen LogP contribution in [0.2, 0.25) is 0 Å². The molecule has 0 aliphatic rings. The molecule has 102 valence electrons. The standard InChI is InChI=1S/C14H22FNO2/c1-10(16-8-14(2,3)9-17)13-11(15)6-5-7-12(13)18-4/h5-7,10,16-17H,8-9H2,1-4H3. The van der Waals surface area contributed by atoms with Gasteiger partial charge in [0.05, 0.1) is 7.11 Å². The molecule has 0 saturated carbocycles. The summed E-state index contributed by atoms with van der Waals surface area (Å²) in [4.78, 5) is 0. The number of nitrogens with one attached hydrogen (secondary N) is 1. The van der Waals surface area contributed by atoms with Crippen LogP contribution in [0.3, 0.4) is 0 Å². The zero-order valence-corrected chi connectivity index (χ0v) is 11.5. The van der Waals surface area contributed by atoms with Gasteiger partial charge < -0.3 is 15.2 Å². The minimum atomic E-state index is -0.281. The van der Waals surface area contributed by atoms with Gasteiger partial charge in [-0.15, -0.1) is 0 Å². The third-order valence-electron chi connectivity index (χ3n) is 2.98. The highest BCUT2D eigenvalue weighted by Gasteiger charge is 2.21. The first kappa shape index (κ1) is 14.9. The van der Waals surface area contributed by atoms with E-state index in [9.17, 15) is 9.50 Å². The van der Waals surface area contributed by atoms with Crippen molar-refractivity contribution in [2.75, 3.05) is 20.3 Å². The van der Waals surface area contributed by atoms with Crippen LogP contribution < -0.4 is 10.1 Å². The molecule has 0 amide bonds. The van der Waals surface area contributed by atoms with Crippen LogP contribution in [-0.2, 0) is 0 Å². The summed E-state index contributed by atoms with van der Waals surface area (Å²) < 4.78 is 19.0. The van der Waals surface area contributed by atoms with Crippen molar-refractivity contribution in [1.82, 2.24) is 5.32 Å². The topological polar surface area (TPSA) is 41.5 Å². The molecule has 1 aromatic rings. The zero-order valence-electron chi connectivity index (χ0n) is 11.5. The summed E-state index contributed by atoms with van der Waals surface area (Å²) in [6, 6.07) is 4.62. The molecule has 0 saturated heterocycles. The normalized spacial score (nSPS) is 13.4. The van der Waals surface area contributed by atoms with E-state index in [2.05, 4.69) is 5.32 Å². The number of rotatable bonds is 6. The molecule has 0 heterocycles. The molecule has 1 rings (SSSR count). The average molecular weight is 255 g/mol. The van der Waals surface area contributed by atoms with Crippen LogP contribution in [-0.4, -0.2) is 25.4 Å². The second kappa shape index (κ2) is 6.16. The molecule has 0 aromatic heterocycles. The average Bonchev–Trinajstić information content (AvgIpc) is 2.35. The lowest BCUT2D eigenvalue weighted by molar-refractivity contribution is 0.153. The third kappa shape index (κ3) is 3.68. The summed E-state index contributed by atoms with van der Waals surface area (Å²) >= 11 is 0. The van der Waals surface area contributed by atoms with Crippen molar-refractivity contribution in [3.63, 3.8) is 0 Å². The van der Waals surface area contributed by atoms with Gasteiger partial charge >= 0.3 is 0 Å². The second-order valence-corrected chi connectivity index (χ2v) is 5.28. The predicted octanol–water partition coefficient (Wildman–Crippen LogP) is 2.50. The maximum absolute atomic E-state index is 13.8. The molecule has 2 N–H and O–H groups in total. The number of aliphatic hydroxyl groups excluding tert-OH is 1. The Bertz CT molecular complexity index is 393. The number of methoxy groups -OCH3 is 1. The number of hydrogen-bond acceptors (Lipinski definition) is 3. The van der Waals surface area contributed by atoms with Crippen molar-refractivity contribution in [2.45, 2.75) is 26.8 Å². The molecular formula is C14H22FNO2. The number of aliphatic hydroxyl groups is 1. The number of ether oxygens (including phenoxy) is 1. The second-order valence-electron chi connectivity index (χ2n) is 5.28. The predicted molar refractivity (Wildman–Crippen MR) is 70.2 cm³/mol. The fourth-order valence-electron chi connectivity index (χ4n) is 1.70. The van der Waals surface area contributed by atoms with Gasteiger partial charge in [-0.3, -0.25) is 0 Å². The van der Waals surface area contributed by atoms with Gasteiger partial charge in [-0.2, -0.15) is 0 Å². The Morgan fingerprint density at radius 3 is 2.67 bits per heavy atom. The summed E-state index contributed by atoms with van der Waals surface area (Å²) in [6.45, 7) is 6.47. The van der Waals surface area contributed by atoms with Crippen molar-refractivity contribution in [1.29, 1.82) is 0 Å². The van der Waals surface area contributed by atoms with Crippen LogP contribution in [0.1, 0.15) is 32.4 Å². The van der Waals surface area contributed by atoms with Crippen LogP contribution in [0.5, 0.6) is 5.75 Å². The maximum Gasteiger partial charge on any atom is 0.131 e. The van der Waals surface area contributed by atoms with Gasteiger partial charge in [0.25, 0.3) is 0 Å². The first-order valence-corrected chi connectivity index (χ1v) is 6.08. The van der Waals surface area contributed by atoms with E-state index < -0.39 is 0 Å². The van der Waals surface area contributed by atoms with Crippen LogP contribution in [0.15, 0.2) is 18.2 Å². The van der Waals surface area contributed by atoms with Gasteiger partial charge in [0.15, 0.2) is 0 Å². The monoisotopic (exact) mass is 255 g/mol. The van der Waals surface area contributed by atoms with Crippen LogP contribution in [0.25, 0.3) is 0 Å². The quantitative estimate of drug-likeness (QED) is 0.820. The van der Waals surface area contributed by atoms with Gasteiger partial charge in [-0.25, -0.2) is 4.39 Å². The lowest BCUT2D eigenvalue weighted by Gasteiger charge is -2.26. The number of benzene rings is 1. The van der Waals surface area contributed by atoms with Crippen molar-refractivity contribution < 1.29 is 14.2 Å². The minimum absolute atomic E-state index is 0.0845. The fourth-order valence-corrected chi connectivity index (χ4v) is 1.70. The van der Waals surface area contributed by atoms with Crippen molar-refractivity contribution >= 4 is 0 Å². The lowest BCUT2D eigenvalue weighted by atomic mass is 9.94. The van der Waals surface area contributed by atoms with E-state index in [4.69, 9.17) is 4.74 Å². The fraction of sp³-hybridized carbons (Fsp3) is 0.571. The van der Waals surface area contributed by atoms with E-state index in [0.29, 0.717) is 17.9 Å². The molecule has 4 heteroatoms. The minimum Gasteiger partial charge on any atom is -0.496 e. The highest BCUT2D eigenvalue weighted by molar-refractivity contribution is 5.36. The van der Waals surface area contributed by atoms with E-state index >= 15 is 0 Å². The molecule has 0 aliphatic heterocycles.